The standard InChI is InChI=1S/C49H42N4/c1-32-23-35-24-33(2)29-49(28-32,30-35)45-22-21-42(43-15-9-10-16-44(43)45)40-25-39(36-11-5-3-6-12-36)26-41(27-40)48-52-46(37-13-7-4-8-14-37)51-47(53-48)38-19-17-34(31-50)18-20-38/h3-22,25-27,32-33,35H,23-24,28-30H2,1-2H3/t32-,33+,35?,49?. The van der Waals surface area contributed by atoms with E-state index < -0.39 is 0 Å². The van der Waals surface area contributed by atoms with Crippen LogP contribution in [0.2, 0.25) is 0 Å². The maximum atomic E-state index is 9.44. The molecule has 2 aliphatic rings. The lowest BCUT2D eigenvalue weighted by atomic mass is 9.54. The number of fused-ring (bicyclic) bond motifs is 3. The third kappa shape index (κ3) is 6.31. The van der Waals surface area contributed by atoms with E-state index in [9.17, 15) is 5.26 Å². The lowest BCUT2D eigenvalue weighted by molar-refractivity contribution is 0.0790. The molecule has 0 saturated heterocycles. The van der Waals surface area contributed by atoms with Crippen molar-refractivity contribution >= 4 is 10.8 Å². The van der Waals surface area contributed by atoms with Crippen LogP contribution in [-0.2, 0) is 5.41 Å². The monoisotopic (exact) mass is 686 g/mol. The van der Waals surface area contributed by atoms with Gasteiger partial charge in [0.2, 0.25) is 0 Å². The molecular formula is C49H42N4. The molecule has 1 heterocycles. The van der Waals surface area contributed by atoms with Gasteiger partial charge in [-0.2, -0.15) is 5.26 Å². The second kappa shape index (κ2) is 13.6. The number of nitriles is 1. The van der Waals surface area contributed by atoms with Gasteiger partial charge in [-0.3, -0.25) is 0 Å². The van der Waals surface area contributed by atoms with Crippen LogP contribution in [0.4, 0.5) is 0 Å². The molecule has 0 aliphatic heterocycles. The fraction of sp³-hybridized carbons (Fsp3) is 0.224. The van der Waals surface area contributed by atoms with Crippen molar-refractivity contribution in [2.24, 2.45) is 17.8 Å². The van der Waals surface area contributed by atoms with E-state index in [-0.39, 0.29) is 5.41 Å². The van der Waals surface area contributed by atoms with E-state index in [0.29, 0.717) is 23.0 Å². The van der Waals surface area contributed by atoms with Gasteiger partial charge in [0.15, 0.2) is 17.5 Å². The molecule has 53 heavy (non-hydrogen) atoms. The van der Waals surface area contributed by atoms with Crippen LogP contribution in [0.5, 0.6) is 0 Å². The first-order valence-electron chi connectivity index (χ1n) is 19.0. The first kappa shape index (κ1) is 33.0. The summed E-state index contributed by atoms with van der Waals surface area (Å²) >= 11 is 0. The fourth-order valence-electron chi connectivity index (χ4n) is 9.80. The second-order valence-corrected chi connectivity index (χ2v) is 15.7. The van der Waals surface area contributed by atoms with Gasteiger partial charge in [0.25, 0.3) is 0 Å². The zero-order valence-electron chi connectivity index (χ0n) is 30.3. The molecule has 4 nitrogen and oxygen atoms in total. The van der Waals surface area contributed by atoms with Gasteiger partial charge in [0.1, 0.15) is 0 Å². The Bertz CT molecular complexity index is 2460. The minimum Gasteiger partial charge on any atom is -0.208 e. The lowest BCUT2D eigenvalue weighted by Crippen LogP contribution is -2.42. The average molecular weight is 687 g/mol. The Balaban J connectivity index is 1.24. The molecule has 2 saturated carbocycles. The molecule has 2 bridgehead atoms. The van der Waals surface area contributed by atoms with Crippen LogP contribution >= 0.6 is 0 Å². The van der Waals surface area contributed by atoms with Gasteiger partial charge >= 0.3 is 0 Å². The summed E-state index contributed by atoms with van der Waals surface area (Å²) < 4.78 is 0. The largest absolute Gasteiger partial charge is 0.208 e. The van der Waals surface area contributed by atoms with Crippen molar-refractivity contribution in [2.75, 3.05) is 0 Å². The van der Waals surface area contributed by atoms with Crippen LogP contribution in [0.25, 0.3) is 67.2 Å². The Morgan fingerprint density at radius 1 is 0.509 bits per heavy atom. The van der Waals surface area contributed by atoms with E-state index >= 15 is 0 Å². The Kier molecular flexibility index (Phi) is 8.43. The van der Waals surface area contributed by atoms with Crippen molar-refractivity contribution < 1.29 is 0 Å². The molecule has 0 amide bonds. The highest BCUT2D eigenvalue weighted by molar-refractivity contribution is 6.00. The van der Waals surface area contributed by atoms with Crippen molar-refractivity contribution in [1.82, 2.24) is 15.0 Å². The molecule has 2 unspecified atom stereocenters. The van der Waals surface area contributed by atoms with E-state index in [2.05, 4.69) is 105 Å². The Morgan fingerprint density at radius 3 is 1.68 bits per heavy atom. The van der Waals surface area contributed by atoms with Crippen LogP contribution in [0.15, 0.2) is 140 Å². The second-order valence-electron chi connectivity index (χ2n) is 15.7. The Morgan fingerprint density at radius 2 is 1.04 bits per heavy atom. The van der Waals surface area contributed by atoms with Crippen LogP contribution in [0.1, 0.15) is 57.1 Å². The summed E-state index contributed by atoms with van der Waals surface area (Å²) in [5.74, 6) is 4.11. The molecular weight excluding hydrogens is 645 g/mol. The van der Waals surface area contributed by atoms with Crippen molar-refractivity contribution in [2.45, 2.75) is 51.4 Å². The molecule has 0 N–H and O–H groups in total. The predicted octanol–water partition coefficient (Wildman–Crippen LogP) is 12.3. The first-order valence-corrected chi connectivity index (χ1v) is 19.0. The fourth-order valence-corrected chi connectivity index (χ4v) is 9.80. The number of hydrogen-bond donors (Lipinski definition) is 0. The number of benzene rings is 6. The third-order valence-electron chi connectivity index (χ3n) is 11.7. The van der Waals surface area contributed by atoms with E-state index in [4.69, 9.17) is 15.0 Å². The molecule has 0 spiro atoms. The molecule has 0 radical (unpaired) electrons. The summed E-state index contributed by atoms with van der Waals surface area (Å²) in [6, 6.07) is 51.0. The maximum absolute atomic E-state index is 9.44. The van der Waals surface area contributed by atoms with Gasteiger partial charge in [0.05, 0.1) is 11.6 Å². The molecule has 7 aromatic rings. The number of nitrogens with zero attached hydrogens (tertiary/aromatic N) is 4. The van der Waals surface area contributed by atoms with Gasteiger partial charge < -0.3 is 0 Å². The highest BCUT2D eigenvalue weighted by Gasteiger charge is 2.45. The molecule has 2 fully saturated rings. The third-order valence-corrected chi connectivity index (χ3v) is 11.7. The predicted molar refractivity (Wildman–Crippen MR) is 216 cm³/mol. The molecule has 258 valence electrons. The minimum atomic E-state index is 0.232. The lowest BCUT2D eigenvalue weighted by Gasteiger charge is -2.51. The Hall–Kier alpha value is -5.92. The highest BCUT2D eigenvalue weighted by Crippen LogP contribution is 2.55. The van der Waals surface area contributed by atoms with Crippen LogP contribution in [0.3, 0.4) is 0 Å². The van der Waals surface area contributed by atoms with E-state index in [1.807, 2.05) is 54.6 Å². The van der Waals surface area contributed by atoms with Crippen LogP contribution in [0, 0.1) is 29.1 Å². The summed E-state index contributed by atoms with van der Waals surface area (Å²) in [7, 11) is 0. The summed E-state index contributed by atoms with van der Waals surface area (Å²) in [6.07, 6.45) is 6.59. The summed E-state index contributed by atoms with van der Waals surface area (Å²) in [4.78, 5) is 15.2. The normalized spacial score (nSPS) is 20.9. The molecule has 2 aliphatic carbocycles. The molecule has 1 aromatic heterocycles. The van der Waals surface area contributed by atoms with Gasteiger partial charge in [-0.05, 0) is 136 Å². The van der Waals surface area contributed by atoms with E-state index in [0.717, 1.165) is 51.1 Å². The number of rotatable bonds is 6. The van der Waals surface area contributed by atoms with Crippen LogP contribution in [-0.4, -0.2) is 15.0 Å². The highest BCUT2D eigenvalue weighted by atomic mass is 15.0. The van der Waals surface area contributed by atoms with Crippen molar-refractivity contribution in [1.29, 1.82) is 5.26 Å². The number of aromatic nitrogens is 3. The van der Waals surface area contributed by atoms with Crippen molar-refractivity contribution in [3.05, 3.63) is 151 Å². The smallest absolute Gasteiger partial charge is 0.164 e. The van der Waals surface area contributed by atoms with Gasteiger partial charge in [-0.15, -0.1) is 0 Å². The van der Waals surface area contributed by atoms with E-state index in [1.165, 1.54) is 54.0 Å². The molecule has 4 atom stereocenters. The maximum Gasteiger partial charge on any atom is 0.164 e. The zero-order valence-corrected chi connectivity index (χ0v) is 30.3. The van der Waals surface area contributed by atoms with Crippen molar-refractivity contribution in [3.8, 4) is 62.5 Å². The number of hydrogen-bond acceptors (Lipinski definition) is 4. The van der Waals surface area contributed by atoms with Gasteiger partial charge in [0, 0.05) is 16.7 Å². The van der Waals surface area contributed by atoms with Crippen molar-refractivity contribution in [3.63, 3.8) is 0 Å². The quantitative estimate of drug-likeness (QED) is 0.175. The average Bonchev–Trinajstić information content (AvgIpc) is 3.20. The summed E-state index contributed by atoms with van der Waals surface area (Å²) in [5.41, 5.74) is 9.64. The zero-order chi connectivity index (χ0) is 35.9. The molecule has 9 rings (SSSR count). The van der Waals surface area contributed by atoms with Crippen LogP contribution < -0.4 is 0 Å². The SMILES string of the molecule is C[C@@H]1CC2C[C@H](C)CC(c3ccc(-c4cc(-c5ccccc5)cc(-c5nc(-c6ccccc6)nc(-c6ccc(C#N)cc6)n5)c4)c4ccccc34)(C2)C1. The topological polar surface area (TPSA) is 62.5 Å². The minimum absolute atomic E-state index is 0.232. The first-order chi connectivity index (χ1) is 25.9. The van der Waals surface area contributed by atoms with Gasteiger partial charge in [-0.1, -0.05) is 111 Å². The summed E-state index contributed by atoms with van der Waals surface area (Å²) in [6.45, 7) is 4.95. The van der Waals surface area contributed by atoms with Gasteiger partial charge in [-0.25, -0.2) is 15.0 Å². The Labute approximate surface area is 312 Å². The molecule has 6 aromatic carbocycles. The molecule has 4 heteroatoms. The summed E-state index contributed by atoms with van der Waals surface area (Å²) in [5, 5.41) is 12.1. The van der Waals surface area contributed by atoms with E-state index in [1.54, 1.807) is 0 Å².